The van der Waals surface area contributed by atoms with Crippen molar-refractivity contribution in [2.45, 2.75) is 37.2 Å². The van der Waals surface area contributed by atoms with Crippen LogP contribution in [0.2, 0.25) is 0 Å². The fourth-order valence-corrected chi connectivity index (χ4v) is 5.89. The molecule has 0 amide bonds. The quantitative estimate of drug-likeness (QED) is 0.391. The van der Waals surface area contributed by atoms with Crippen LogP contribution in [0.3, 0.4) is 0 Å². The van der Waals surface area contributed by atoms with E-state index in [0.717, 1.165) is 21.8 Å². The van der Waals surface area contributed by atoms with E-state index in [9.17, 15) is 9.59 Å². The van der Waals surface area contributed by atoms with Gasteiger partial charge in [-0.3, -0.25) is 9.59 Å². The molecule has 0 saturated heterocycles. The number of carbonyl (C=O) groups is 2. The number of aliphatic carboxylic acids is 2. The lowest BCUT2D eigenvalue weighted by atomic mass is 10.1. The zero-order valence-corrected chi connectivity index (χ0v) is 18.9. The number of carboxylic acid groups (broad SMARTS) is 2. The van der Waals surface area contributed by atoms with Crippen molar-refractivity contribution in [3.05, 3.63) is 51.5 Å². The van der Waals surface area contributed by atoms with Gasteiger partial charge in [0.2, 0.25) is 0 Å². The third-order valence-corrected chi connectivity index (χ3v) is 7.58. The SMILES string of the molecule is CC(C)c1csc(C=Cc2cccc(C(SCCC(=O)O)SCCC(=O)O)c2)n1. The highest BCUT2D eigenvalue weighted by atomic mass is 32.2. The number of benzene rings is 1. The van der Waals surface area contributed by atoms with Gasteiger partial charge in [-0.25, -0.2) is 4.98 Å². The van der Waals surface area contributed by atoms with E-state index in [1.54, 1.807) is 11.3 Å². The lowest BCUT2D eigenvalue weighted by Gasteiger charge is -2.16. The smallest absolute Gasteiger partial charge is 0.304 e. The third-order valence-electron chi connectivity index (χ3n) is 3.90. The molecule has 1 heterocycles. The largest absolute Gasteiger partial charge is 0.481 e. The number of rotatable bonds is 12. The van der Waals surface area contributed by atoms with E-state index in [2.05, 4.69) is 30.3 Å². The minimum Gasteiger partial charge on any atom is -0.481 e. The summed E-state index contributed by atoms with van der Waals surface area (Å²) in [6, 6.07) is 8.06. The molecule has 0 fully saturated rings. The number of hydrogen-bond donors (Lipinski definition) is 2. The van der Waals surface area contributed by atoms with E-state index in [0.29, 0.717) is 17.4 Å². The van der Waals surface area contributed by atoms with Crippen LogP contribution in [0.25, 0.3) is 12.2 Å². The van der Waals surface area contributed by atoms with Gasteiger partial charge in [0.25, 0.3) is 0 Å². The van der Waals surface area contributed by atoms with Gasteiger partial charge in [-0.15, -0.1) is 34.9 Å². The van der Waals surface area contributed by atoms with Crippen LogP contribution < -0.4 is 0 Å². The molecule has 5 nitrogen and oxygen atoms in total. The van der Waals surface area contributed by atoms with Gasteiger partial charge in [-0.2, -0.15) is 0 Å². The summed E-state index contributed by atoms with van der Waals surface area (Å²) in [6.45, 7) is 4.24. The topological polar surface area (TPSA) is 87.5 Å². The summed E-state index contributed by atoms with van der Waals surface area (Å²) in [5.41, 5.74) is 3.18. The van der Waals surface area contributed by atoms with Crippen molar-refractivity contribution in [3.63, 3.8) is 0 Å². The molecule has 0 spiro atoms. The van der Waals surface area contributed by atoms with Crippen molar-refractivity contribution < 1.29 is 19.8 Å². The molecule has 8 heteroatoms. The molecule has 0 unspecified atom stereocenters. The van der Waals surface area contributed by atoms with Crippen LogP contribution in [-0.2, 0) is 9.59 Å². The average molecular weight is 452 g/mol. The normalized spacial score (nSPS) is 11.6. The monoisotopic (exact) mass is 451 g/mol. The van der Waals surface area contributed by atoms with Gasteiger partial charge in [-0.1, -0.05) is 38.1 Å². The van der Waals surface area contributed by atoms with Crippen molar-refractivity contribution in [2.75, 3.05) is 11.5 Å². The zero-order chi connectivity index (χ0) is 21.2. The van der Waals surface area contributed by atoms with Gasteiger partial charge in [0.05, 0.1) is 23.1 Å². The summed E-state index contributed by atoms with van der Waals surface area (Å²) in [4.78, 5) is 26.3. The zero-order valence-electron chi connectivity index (χ0n) is 16.4. The second kappa shape index (κ2) is 12.0. The molecule has 1 aromatic carbocycles. The Hall–Kier alpha value is -1.77. The summed E-state index contributed by atoms with van der Waals surface area (Å²) in [5, 5.41) is 20.8. The van der Waals surface area contributed by atoms with Crippen LogP contribution in [-0.4, -0.2) is 38.6 Å². The fourth-order valence-electron chi connectivity index (χ4n) is 2.37. The van der Waals surface area contributed by atoms with Gasteiger partial charge in [0, 0.05) is 16.9 Å². The van der Waals surface area contributed by atoms with E-state index in [1.165, 1.54) is 23.5 Å². The third kappa shape index (κ3) is 8.64. The highest BCUT2D eigenvalue weighted by molar-refractivity contribution is 8.16. The first-order valence-corrected chi connectivity index (χ1v) is 12.2. The Morgan fingerprint density at radius 3 is 2.31 bits per heavy atom. The van der Waals surface area contributed by atoms with E-state index in [-0.39, 0.29) is 17.4 Å². The Morgan fingerprint density at radius 2 is 1.76 bits per heavy atom. The van der Waals surface area contributed by atoms with E-state index in [4.69, 9.17) is 10.2 Å². The Balaban J connectivity index is 2.10. The molecule has 0 aliphatic rings. The lowest BCUT2D eigenvalue weighted by Crippen LogP contribution is -2.01. The molecular weight excluding hydrogens is 426 g/mol. The van der Waals surface area contributed by atoms with E-state index in [1.807, 2.05) is 30.4 Å². The summed E-state index contributed by atoms with van der Waals surface area (Å²) in [7, 11) is 0. The second-order valence-electron chi connectivity index (χ2n) is 6.63. The molecule has 0 bridgehead atoms. The summed E-state index contributed by atoms with van der Waals surface area (Å²) in [5.74, 6) is -0.280. The van der Waals surface area contributed by atoms with Crippen molar-refractivity contribution in [2.24, 2.45) is 0 Å². The maximum atomic E-state index is 10.8. The van der Waals surface area contributed by atoms with Gasteiger partial charge in [0.1, 0.15) is 5.01 Å². The molecule has 0 atom stereocenters. The Morgan fingerprint density at radius 1 is 1.10 bits per heavy atom. The summed E-state index contributed by atoms with van der Waals surface area (Å²) < 4.78 is -0.00513. The number of nitrogens with zero attached hydrogens (tertiary/aromatic N) is 1. The standard InChI is InChI=1S/C21H25NO4S3/c1-14(2)17-13-29-18(22-17)7-6-15-4-3-5-16(12-15)21(27-10-8-19(23)24)28-11-9-20(25)26/h3-7,12-14,21H,8-11H2,1-2H3,(H,23,24)(H,25,26). The molecular formula is C21H25NO4S3. The van der Waals surface area contributed by atoms with Crippen LogP contribution >= 0.6 is 34.9 Å². The van der Waals surface area contributed by atoms with Crippen molar-refractivity contribution in [1.29, 1.82) is 0 Å². The number of carboxylic acids is 2. The predicted octanol–water partition coefficient (Wildman–Crippen LogP) is 5.85. The van der Waals surface area contributed by atoms with Gasteiger partial charge in [0.15, 0.2) is 0 Å². The maximum Gasteiger partial charge on any atom is 0.304 e. The first-order valence-electron chi connectivity index (χ1n) is 9.25. The van der Waals surface area contributed by atoms with Crippen LogP contribution in [0.4, 0.5) is 0 Å². The van der Waals surface area contributed by atoms with E-state index >= 15 is 0 Å². The molecule has 0 saturated carbocycles. The number of aromatic nitrogens is 1. The van der Waals surface area contributed by atoms with Gasteiger partial charge in [-0.05, 0) is 29.2 Å². The Kier molecular flexibility index (Phi) is 9.76. The predicted molar refractivity (Wildman–Crippen MR) is 124 cm³/mol. The number of thioether (sulfide) groups is 2. The average Bonchev–Trinajstić information content (AvgIpc) is 3.14. The Labute approximate surface area is 183 Å². The summed E-state index contributed by atoms with van der Waals surface area (Å²) in [6.07, 6.45) is 4.19. The van der Waals surface area contributed by atoms with Crippen molar-refractivity contribution in [1.82, 2.24) is 4.98 Å². The highest BCUT2D eigenvalue weighted by Crippen LogP contribution is 2.40. The van der Waals surface area contributed by atoms with Crippen LogP contribution in [0.5, 0.6) is 0 Å². The molecule has 156 valence electrons. The second-order valence-corrected chi connectivity index (χ2v) is 10.2. The van der Waals surface area contributed by atoms with Crippen LogP contribution in [0.1, 0.15) is 59.0 Å². The minimum absolute atomic E-state index is 0.00513. The molecule has 0 aliphatic carbocycles. The minimum atomic E-state index is -0.826. The molecule has 2 N–H and O–H groups in total. The fraction of sp³-hybridized carbons (Fsp3) is 0.381. The van der Waals surface area contributed by atoms with Gasteiger partial charge >= 0.3 is 11.9 Å². The summed E-state index contributed by atoms with van der Waals surface area (Å²) >= 11 is 4.70. The van der Waals surface area contributed by atoms with E-state index < -0.39 is 11.9 Å². The maximum absolute atomic E-state index is 10.8. The Bertz CT molecular complexity index is 828. The van der Waals surface area contributed by atoms with Crippen molar-refractivity contribution >= 4 is 59.0 Å². The number of thiazole rings is 1. The van der Waals surface area contributed by atoms with Gasteiger partial charge < -0.3 is 10.2 Å². The molecule has 1 aromatic heterocycles. The molecule has 29 heavy (non-hydrogen) atoms. The molecule has 2 rings (SSSR count). The molecule has 0 radical (unpaired) electrons. The van der Waals surface area contributed by atoms with Crippen molar-refractivity contribution in [3.8, 4) is 0 Å². The lowest BCUT2D eigenvalue weighted by molar-refractivity contribution is -0.137. The first kappa shape index (κ1) is 23.5. The number of hydrogen-bond acceptors (Lipinski definition) is 6. The highest BCUT2D eigenvalue weighted by Gasteiger charge is 2.14. The molecule has 0 aliphatic heterocycles. The van der Waals surface area contributed by atoms with Crippen LogP contribution in [0.15, 0.2) is 29.6 Å². The first-order chi connectivity index (χ1) is 13.8. The van der Waals surface area contributed by atoms with Crippen LogP contribution in [0, 0.1) is 0 Å². The molecule has 2 aromatic rings.